The molecule has 2 heterocycles. The lowest BCUT2D eigenvalue weighted by Crippen LogP contribution is -2.40. The topological polar surface area (TPSA) is 71.5 Å². The lowest BCUT2D eigenvalue weighted by Gasteiger charge is -2.25. The summed E-state index contributed by atoms with van der Waals surface area (Å²) < 4.78 is 31.8. The third-order valence-electron chi connectivity index (χ3n) is 4.01. The minimum atomic E-state index is -3.50. The molecule has 0 radical (unpaired) electrons. The Bertz CT molecular complexity index is 785. The lowest BCUT2D eigenvalue weighted by molar-refractivity contribution is 0.0730. The quantitative estimate of drug-likeness (QED) is 0.899. The Morgan fingerprint density at radius 2 is 1.92 bits per heavy atom. The van der Waals surface area contributed by atoms with Crippen molar-refractivity contribution in [3.05, 3.63) is 48.2 Å². The number of anilines is 2. The summed E-state index contributed by atoms with van der Waals surface area (Å²) in [6.07, 6.45) is 2.31. The van der Waals surface area contributed by atoms with Crippen LogP contribution in [0.5, 0.6) is 0 Å². The molecule has 1 aromatic heterocycles. The van der Waals surface area contributed by atoms with E-state index in [0.29, 0.717) is 32.1 Å². The second-order valence-electron chi connectivity index (χ2n) is 5.53. The summed E-state index contributed by atoms with van der Waals surface area (Å²) in [6, 6.07) is 11.3. The fourth-order valence-corrected chi connectivity index (χ4v) is 3.99. The van der Waals surface area contributed by atoms with Gasteiger partial charge in [-0.1, -0.05) is 25.1 Å². The Morgan fingerprint density at radius 1 is 1.17 bits per heavy atom. The van der Waals surface area contributed by atoms with E-state index in [1.807, 2.05) is 18.2 Å². The zero-order valence-electron chi connectivity index (χ0n) is 13.6. The number of hydrogen-bond acceptors (Lipinski definition) is 5. The molecule has 0 bridgehead atoms. The summed E-state index contributed by atoms with van der Waals surface area (Å²) in [5.41, 5.74) is 2.17. The molecule has 6 nitrogen and oxygen atoms in total. The van der Waals surface area contributed by atoms with Crippen molar-refractivity contribution in [2.24, 2.45) is 0 Å². The maximum Gasteiger partial charge on any atom is 0.244 e. The molecule has 3 rings (SSSR count). The molecule has 1 saturated heterocycles. The number of rotatable bonds is 5. The van der Waals surface area contributed by atoms with E-state index in [2.05, 4.69) is 23.3 Å². The van der Waals surface area contributed by atoms with Crippen molar-refractivity contribution in [3.8, 4) is 0 Å². The molecule has 0 unspecified atom stereocenters. The molecule has 7 heteroatoms. The standard InChI is InChI=1S/C17H21N3O3S/c1-2-14-5-3-4-6-16(14)19-17-8-7-15(13-18-17)24(21,22)20-9-11-23-12-10-20/h3-8,13H,2,9-12H2,1H3,(H,18,19). The number of nitrogens with zero attached hydrogens (tertiary/aromatic N) is 2. The van der Waals surface area contributed by atoms with Gasteiger partial charge in [0.25, 0.3) is 0 Å². The van der Waals surface area contributed by atoms with Gasteiger partial charge in [-0.2, -0.15) is 4.31 Å². The first-order valence-electron chi connectivity index (χ1n) is 8.00. The third kappa shape index (κ3) is 3.58. The van der Waals surface area contributed by atoms with Gasteiger partial charge < -0.3 is 10.1 Å². The fraction of sp³-hybridized carbons (Fsp3) is 0.353. The van der Waals surface area contributed by atoms with Gasteiger partial charge in [0.05, 0.1) is 13.2 Å². The number of aromatic nitrogens is 1. The van der Waals surface area contributed by atoms with Crippen LogP contribution in [0, 0.1) is 0 Å². The summed E-state index contributed by atoms with van der Waals surface area (Å²) in [6.45, 7) is 3.71. The number of morpholine rings is 1. The van der Waals surface area contributed by atoms with Gasteiger partial charge in [-0.3, -0.25) is 0 Å². The van der Waals surface area contributed by atoms with Crippen LogP contribution in [0.4, 0.5) is 11.5 Å². The van der Waals surface area contributed by atoms with Gasteiger partial charge in [-0.15, -0.1) is 0 Å². The number of nitrogens with one attached hydrogen (secondary N) is 1. The van der Waals surface area contributed by atoms with Crippen molar-refractivity contribution in [1.29, 1.82) is 0 Å². The van der Waals surface area contributed by atoms with E-state index >= 15 is 0 Å². The zero-order valence-corrected chi connectivity index (χ0v) is 14.4. The summed E-state index contributed by atoms with van der Waals surface area (Å²) in [5, 5.41) is 3.24. The van der Waals surface area contributed by atoms with Gasteiger partial charge in [-0.25, -0.2) is 13.4 Å². The molecule has 128 valence electrons. The number of sulfonamides is 1. The molecule has 1 fully saturated rings. The van der Waals surface area contributed by atoms with E-state index in [-0.39, 0.29) is 4.90 Å². The van der Waals surface area contributed by atoms with Gasteiger partial charge in [0.2, 0.25) is 10.0 Å². The summed E-state index contributed by atoms with van der Waals surface area (Å²) >= 11 is 0. The van der Waals surface area contributed by atoms with Crippen LogP contribution in [0.2, 0.25) is 0 Å². The Hall–Kier alpha value is -1.96. The van der Waals surface area contributed by atoms with E-state index in [1.165, 1.54) is 16.1 Å². The molecule has 0 amide bonds. The smallest absolute Gasteiger partial charge is 0.244 e. The van der Waals surface area contributed by atoms with Crippen LogP contribution in [-0.4, -0.2) is 44.0 Å². The van der Waals surface area contributed by atoms with Crippen molar-refractivity contribution in [2.45, 2.75) is 18.2 Å². The van der Waals surface area contributed by atoms with Gasteiger partial charge in [0.1, 0.15) is 10.7 Å². The molecule has 0 saturated carbocycles. The van der Waals surface area contributed by atoms with E-state index in [4.69, 9.17) is 4.74 Å². The Balaban J connectivity index is 1.78. The maximum atomic E-state index is 12.6. The highest BCUT2D eigenvalue weighted by Crippen LogP contribution is 2.22. The Morgan fingerprint density at radius 3 is 2.58 bits per heavy atom. The molecule has 0 aliphatic carbocycles. The first kappa shape index (κ1) is 16.9. The summed E-state index contributed by atoms with van der Waals surface area (Å²) in [5.74, 6) is 0.622. The molecule has 0 spiro atoms. The van der Waals surface area contributed by atoms with Crippen molar-refractivity contribution in [1.82, 2.24) is 9.29 Å². The van der Waals surface area contributed by atoms with E-state index in [1.54, 1.807) is 12.1 Å². The van der Waals surface area contributed by atoms with Crippen LogP contribution < -0.4 is 5.32 Å². The van der Waals surface area contributed by atoms with E-state index < -0.39 is 10.0 Å². The number of para-hydroxylation sites is 1. The number of ether oxygens (including phenoxy) is 1. The molecular formula is C17H21N3O3S. The predicted molar refractivity (Wildman–Crippen MR) is 92.9 cm³/mol. The predicted octanol–water partition coefficient (Wildman–Crippen LogP) is 2.41. The van der Waals surface area contributed by atoms with Crippen LogP contribution in [0.3, 0.4) is 0 Å². The van der Waals surface area contributed by atoms with Crippen LogP contribution in [0.15, 0.2) is 47.5 Å². The number of pyridine rings is 1. The average molecular weight is 347 g/mol. The minimum Gasteiger partial charge on any atom is -0.379 e. The van der Waals surface area contributed by atoms with Crippen LogP contribution >= 0.6 is 0 Å². The number of aryl methyl sites for hydroxylation is 1. The van der Waals surface area contributed by atoms with Crippen LogP contribution in [-0.2, 0) is 21.2 Å². The molecule has 24 heavy (non-hydrogen) atoms. The molecule has 1 aliphatic rings. The zero-order chi connectivity index (χ0) is 17.0. The molecule has 1 aliphatic heterocycles. The molecule has 1 aromatic carbocycles. The Kier molecular flexibility index (Phi) is 5.13. The highest BCUT2D eigenvalue weighted by molar-refractivity contribution is 7.89. The number of benzene rings is 1. The van der Waals surface area contributed by atoms with Crippen LogP contribution in [0.25, 0.3) is 0 Å². The van der Waals surface area contributed by atoms with Crippen molar-refractivity contribution < 1.29 is 13.2 Å². The highest BCUT2D eigenvalue weighted by atomic mass is 32.2. The van der Waals surface area contributed by atoms with Crippen molar-refractivity contribution in [3.63, 3.8) is 0 Å². The average Bonchev–Trinajstić information content (AvgIpc) is 2.63. The molecular weight excluding hydrogens is 326 g/mol. The van der Waals surface area contributed by atoms with E-state index in [9.17, 15) is 8.42 Å². The maximum absolute atomic E-state index is 12.6. The molecule has 1 N–H and O–H groups in total. The minimum absolute atomic E-state index is 0.207. The molecule has 2 aromatic rings. The SMILES string of the molecule is CCc1ccccc1Nc1ccc(S(=O)(=O)N2CCOCC2)cn1. The monoisotopic (exact) mass is 347 g/mol. The van der Waals surface area contributed by atoms with Gasteiger partial charge in [-0.05, 0) is 30.2 Å². The third-order valence-corrected chi connectivity index (χ3v) is 5.89. The number of hydrogen-bond donors (Lipinski definition) is 1. The largest absolute Gasteiger partial charge is 0.379 e. The van der Waals surface area contributed by atoms with Crippen LogP contribution in [0.1, 0.15) is 12.5 Å². The van der Waals surface area contributed by atoms with Crippen molar-refractivity contribution >= 4 is 21.5 Å². The fourth-order valence-electron chi connectivity index (χ4n) is 2.63. The highest BCUT2D eigenvalue weighted by Gasteiger charge is 2.26. The summed E-state index contributed by atoms with van der Waals surface area (Å²) in [7, 11) is -3.50. The van der Waals surface area contributed by atoms with Gasteiger partial charge >= 0.3 is 0 Å². The van der Waals surface area contributed by atoms with Gasteiger partial charge in [0, 0.05) is 25.0 Å². The van der Waals surface area contributed by atoms with Crippen molar-refractivity contribution in [2.75, 3.05) is 31.6 Å². The first-order chi connectivity index (χ1) is 11.6. The van der Waals surface area contributed by atoms with Gasteiger partial charge in [0.15, 0.2) is 0 Å². The Labute approximate surface area is 142 Å². The second-order valence-corrected chi connectivity index (χ2v) is 7.47. The summed E-state index contributed by atoms with van der Waals surface area (Å²) in [4.78, 5) is 4.47. The lowest BCUT2D eigenvalue weighted by atomic mass is 10.1. The second kappa shape index (κ2) is 7.29. The van der Waals surface area contributed by atoms with E-state index in [0.717, 1.165) is 12.1 Å². The normalized spacial score (nSPS) is 16.0. The first-order valence-corrected chi connectivity index (χ1v) is 9.44. The molecule has 0 atom stereocenters.